The normalized spacial score (nSPS) is 49.3. The molecule has 2 N–H and O–H groups in total. The first-order valence-corrected chi connectivity index (χ1v) is 8.81. The molecule has 0 unspecified atom stereocenters. The molecule has 0 saturated heterocycles. The van der Waals surface area contributed by atoms with Crippen LogP contribution in [0, 0.1) is 22.7 Å². The zero-order valence-electron chi connectivity index (χ0n) is 13.9. The third-order valence-electron chi connectivity index (χ3n) is 7.73. The maximum Gasteiger partial charge on any atom is 0.223 e. The van der Waals surface area contributed by atoms with Gasteiger partial charge in [0.15, 0.2) is 5.76 Å². The molecule has 5 atom stereocenters. The zero-order valence-corrected chi connectivity index (χ0v) is 13.9. The summed E-state index contributed by atoms with van der Waals surface area (Å²) < 4.78 is 16.4. The number of rotatable bonds is 0. The van der Waals surface area contributed by atoms with Crippen LogP contribution >= 0.6 is 0 Å². The number of hydrogen-bond acceptors (Lipinski definition) is 3. The van der Waals surface area contributed by atoms with Gasteiger partial charge in [-0.25, -0.2) is 4.39 Å². The van der Waals surface area contributed by atoms with Crippen LogP contribution in [-0.4, -0.2) is 21.7 Å². The van der Waals surface area contributed by atoms with Crippen LogP contribution in [0.25, 0.3) is 0 Å². The first-order valence-electron chi connectivity index (χ1n) is 8.81. The van der Waals surface area contributed by atoms with Crippen molar-refractivity contribution in [1.82, 2.24) is 0 Å². The molecule has 126 valence electrons. The van der Waals surface area contributed by atoms with Gasteiger partial charge < -0.3 is 10.2 Å². The highest BCUT2D eigenvalue weighted by Gasteiger charge is 2.67. The van der Waals surface area contributed by atoms with Gasteiger partial charge in [-0.15, -0.1) is 0 Å². The maximum absolute atomic E-state index is 16.4. The van der Waals surface area contributed by atoms with E-state index >= 15 is 4.39 Å². The summed E-state index contributed by atoms with van der Waals surface area (Å²) in [6.07, 6.45) is 7.29. The number of ketones is 1. The van der Waals surface area contributed by atoms with Crippen molar-refractivity contribution in [3.8, 4) is 0 Å². The largest absolute Gasteiger partial charge is 0.507 e. The molecule has 4 heteroatoms. The molecule has 0 aliphatic heterocycles. The van der Waals surface area contributed by atoms with E-state index in [0.717, 1.165) is 32.1 Å². The van der Waals surface area contributed by atoms with E-state index in [2.05, 4.69) is 6.92 Å². The number of aliphatic hydroxyl groups excluding tert-OH is 2. The molecule has 0 bridgehead atoms. The fourth-order valence-corrected chi connectivity index (χ4v) is 6.25. The van der Waals surface area contributed by atoms with Crippen LogP contribution in [0.4, 0.5) is 4.39 Å². The quantitative estimate of drug-likeness (QED) is 0.688. The Morgan fingerprint density at radius 2 is 1.87 bits per heavy atom. The number of hydrogen-bond donors (Lipinski definition) is 2. The molecular weight excluding hydrogens is 295 g/mol. The van der Waals surface area contributed by atoms with E-state index in [1.165, 1.54) is 6.08 Å². The van der Waals surface area contributed by atoms with Crippen LogP contribution in [0.3, 0.4) is 0 Å². The number of halogens is 1. The average molecular weight is 320 g/mol. The van der Waals surface area contributed by atoms with Crippen LogP contribution in [0.5, 0.6) is 0 Å². The Hall–Kier alpha value is -1.32. The molecule has 0 aromatic carbocycles. The lowest BCUT2D eigenvalue weighted by molar-refractivity contribution is -0.135. The van der Waals surface area contributed by atoms with Crippen LogP contribution in [-0.2, 0) is 4.79 Å². The second-order valence-corrected chi connectivity index (χ2v) is 8.52. The molecule has 3 fully saturated rings. The predicted molar refractivity (Wildman–Crippen MR) is 84.7 cm³/mol. The molecule has 0 amide bonds. The van der Waals surface area contributed by atoms with Crippen molar-refractivity contribution in [3.05, 3.63) is 23.2 Å². The SMILES string of the molecule is C[C@@]12CCC[C@H]1[C@@H]1CCC3=CC(=O)C(O)=C(O)[C@]3(C)[C@@]1(F)CC2. The number of carbonyl (C=O) groups excluding carboxylic acids is 1. The summed E-state index contributed by atoms with van der Waals surface area (Å²) in [6, 6.07) is 0. The zero-order chi connectivity index (χ0) is 16.6. The minimum Gasteiger partial charge on any atom is -0.507 e. The highest BCUT2D eigenvalue weighted by molar-refractivity contribution is 6.04. The summed E-state index contributed by atoms with van der Waals surface area (Å²) in [4.78, 5) is 11.8. The van der Waals surface area contributed by atoms with Crippen molar-refractivity contribution in [2.24, 2.45) is 22.7 Å². The number of carbonyl (C=O) groups is 1. The lowest BCUT2D eigenvalue weighted by Gasteiger charge is -2.59. The molecular formula is C19H25FO3. The van der Waals surface area contributed by atoms with Crippen molar-refractivity contribution < 1.29 is 19.4 Å². The molecule has 4 aliphatic carbocycles. The van der Waals surface area contributed by atoms with E-state index < -0.39 is 28.4 Å². The maximum atomic E-state index is 16.4. The molecule has 0 radical (unpaired) electrons. The van der Waals surface area contributed by atoms with E-state index in [4.69, 9.17) is 0 Å². The lowest BCUT2D eigenvalue weighted by atomic mass is 9.46. The molecule has 4 aliphatic rings. The molecule has 4 rings (SSSR count). The first kappa shape index (κ1) is 15.2. The van der Waals surface area contributed by atoms with E-state index in [1.807, 2.05) is 0 Å². The van der Waals surface area contributed by atoms with Gasteiger partial charge >= 0.3 is 0 Å². The Morgan fingerprint density at radius 1 is 1.13 bits per heavy atom. The summed E-state index contributed by atoms with van der Waals surface area (Å²) >= 11 is 0. The van der Waals surface area contributed by atoms with Gasteiger partial charge in [-0.3, -0.25) is 4.79 Å². The van der Waals surface area contributed by atoms with Crippen molar-refractivity contribution >= 4 is 5.78 Å². The summed E-state index contributed by atoms with van der Waals surface area (Å²) in [5.41, 5.74) is -1.97. The van der Waals surface area contributed by atoms with Gasteiger partial charge in [0.05, 0.1) is 5.41 Å². The summed E-state index contributed by atoms with van der Waals surface area (Å²) in [7, 11) is 0. The van der Waals surface area contributed by atoms with Crippen molar-refractivity contribution in [1.29, 1.82) is 0 Å². The molecule has 0 heterocycles. The van der Waals surface area contributed by atoms with Gasteiger partial charge in [0.2, 0.25) is 11.5 Å². The summed E-state index contributed by atoms with van der Waals surface area (Å²) in [6.45, 7) is 3.97. The van der Waals surface area contributed by atoms with Gasteiger partial charge in [-0.05, 0) is 74.3 Å². The van der Waals surface area contributed by atoms with Crippen LogP contribution in [0.2, 0.25) is 0 Å². The van der Waals surface area contributed by atoms with E-state index in [9.17, 15) is 15.0 Å². The van der Waals surface area contributed by atoms with Crippen LogP contribution in [0.15, 0.2) is 23.2 Å². The Kier molecular flexibility index (Phi) is 2.91. The highest BCUT2D eigenvalue weighted by Crippen LogP contribution is 2.68. The molecule has 0 spiro atoms. The lowest BCUT2D eigenvalue weighted by Crippen LogP contribution is -2.60. The Morgan fingerprint density at radius 3 is 2.61 bits per heavy atom. The van der Waals surface area contributed by atoms with Gasteiger partial charge in [0.1, 0.15) is 5.67 Å². The standard InChI is InChI=1S/C19H25FO3/c1-17-7-3-4-12(17)13-6-5-11-10-14(21)15(22)16(23)18(11,2)19(13,20)9-8-17/h10,12-13,22-23H,3-9H2,1-2H3/t12-,13-,17-,18+,19+/m0/s1. The monoisotopic (exact) mass is 320 g/mol. The van der Waals surface area contributed by atoms with Crippen LogP contribution < -0.4 is 0 Å². The summed E-state index contributed by atoms with van der Waals surface area (Å²) in [5, 5.41) is 20.5. The van der Waals surface area contributed by atoms with Gasteiger partial charge in [0, 0.05) is 0 Å². The van der Waals surface area contributed by atoms with Crippen molar-refractivity contribution in [3.63, 3.8) is 0 Å². The fourth-order valence-electron chi connectivity index (χ4n) is 6.25. The van der Waals surface area contributed by atoms with E-state index in [0.29, 0.717) is 24.3 Å². The predicted octanol–water partition coefficient (Wildman–Crippen LogP) is 4.55. The van der Waals surface area contributed by atoms with Gasteiger partial charge in [-0.2, -0.15) is 0 Å². The van der Waals surface area contributed by atoms with Gasteiger partial charge in [-0.1, -0.05) is 13.3 Å². The first-order chi connectivity index (χ1) is 10.7. The number of allylic oxidation sites excluding steroid dienone is 2. The minimum atomic E-state index is -1.58. The molecule has 0 aromatic rings. The number of aliphatic hydroxyl groups is 2. The minimum absolute atomic E-state index is 0.103. The topological polar surface area (TPSA) is 57.5 Å². The van der Waals surface area contributed by atoms with E-state index in [1.54, 1.807) is 6.92 Å². The van der Waals surface area contributed by atoms with E-state index in [-0.39, 0.29) is 11.3 Å². The Balaban J connectivity index is 1.85. The second kappa shape index (κ2) is 4.40. The van der Waals surface area contributed by atoms with Crippen molar-refractivity contribution in [2.75, 3.05) is 0 Å². The molecule has 23 heavy (non-hydrogen) atoms. The Labute approximate surface area is 136 Å². The molecule has 0 aromatic heterocycles. The third kappa shape index (κ3) is 1.62. The second-order valence-electron chi connectivity index (χ2n) is 8.52. The summed E-state index contributed by atoms with van der Waals surface area (Å²) in [5.74, 6) is -1.48. The third-order valence-corrected chi connectivity index (χ3v) is 7.73. The fraction of sp³-hybridized carbons (Fsp3) is 0.737. The van der Waals surface area contributed by atoms with Gasteiger partial charge in [0.25, 0.3) is 0 Å². The van der Waals surface area contributed by atoms with Crippen LogP contribution in [0.1, 0.15) is 58.8 Å². The highest BCUT2D eigenvalue weighted by atomic mass is 19.1. The molecule has 3 nitrogen and oxygen atoms in total. The number of fused-ring (bicyclic) bond motifs is 5. The average Bonchev–Trinajstić information content (AvgIpc) is 2.90. The van der Waals surface area contributed by atoms with Crippen molar-refractivity contribution in [2.45, 2.75) is 64.5 Å². The molecule has 3 saturated carbocycles. The Bertz CT molecular complexity index is 651. The smallest absolute Gasteiger partial charge is 0.223 e. The number of alkyl halides is 1.